The first kappa shape index (κ1) is 8.47. The zero-order valence-corrected chi connectivity index (χ0v) is 6.32. The molecule has 0 aliphatic carbocycles. The van der Waals surface area contributed by atoms with Gasteiger partial charge in [0.25, 0.3) is 0 Å². The van der Waals surface area contributed by atoms with Crippen LogP contribution < -0.4 is 0 Å². The number of aliphatic hydroxyl groups excluding tert-OH is 2. The molecule has 11 heavy (non-hydrogen) atoms. The van der Waals surface area contributed by atoms with Gasteiger partial charge in [0, 0.05) is 6.42 Å². The maximum absolute atomic E-state index is 9.30. The Morgan fingerprint density at radius 1 is 1.82 bits per heavy atom. The van der Waals surface area contributed by atoms with Gasteiger partial charge in [0.15, 0.2) is 0 Å². The molecule has 3 atom stereocenters. The second-order valence-corrected chi connectivity index (χ2v) is 2.84. The van der Waals surface area contributed by atoms with Crippen molar-refractivity contribution < 1.29 is 14.9 Å². The molecule has 0 spiro atoms. The summed E-state index contributed by atoms with van der Waals surface area (Å²) in [6, 6.07) is 1.79. The van der Waals surface area contributed by atoms with E-state index in [2.05, 4.69) is 0 Å². The minimum atomic E-state index is -1.38. The molecule has 1 aliphatic rings. The number of rotatable bonds is 1. The number of nitriles is 1. The monoisotopic (exact) mass is 157 g/mol. The normalized spacial score (nSPS) is 43.8. The standard InChI is InChI=1S/C7H11NO3/c1-5-2-6(10)7(3-8,4-9)11-5/h5-6,9-10H,2,4H2,1H3/t5-,6?,7+/m0/s1. The van der Waals surface area contributed by atoms with Gasteiger partial charge in [0.2, 0.25) is 5.60 Å². The summed E-state index contributed by atoms with van der Waals surface area (Å²) < 4.78 is 5.10. The molecule has 0 saturated carbocycles. The summed E-state index contributed by atoms with van der Waals surface area (Å²) in [6.45, 7) is 1.31. The Kier molecular flexibility index (Phi) is 2.14. The molecule has 0 aromatic rings. The fourth-order valence-corrected chi connectivity index (χ4v) is 1.27. The third-order valence-corrected chi connectivity index (χ3v) is 1.93. The topological polar surface area (TPSA) is 73.5 Å². The van der Waals surface area contributed by atoms with E-state index in [4.69, 9.17) is 15.1 Å². The van der Waals surface area contributed by atoms with E-state index in [-0.39, 0.29) is 6.10 Å². The van der Waals surface area contributed by atoms with Crippen LogP contribution in [0.15, 0.2) is 0 Å². The largest absolute Gasteiger partial charge is 0.392 e. The van der Waals surface area contributed by atoms with Crippen molar-refractivity contribution in [3.05, 3.63) is 0 Å². The van der Waals surface area contributed by atoms with E-state index in [1.165, 1.54) is 0 Å². The smallest absolute Gasteiger partial charge is 0.203 e. The Morgan fingerprint density at radius 3 is 2.64 bits per heavy atom. The summed E-state index contributed by atoms with van der Waals surface area (Å²) in [7, 11) is 0. The molecule has 0 bridgehead atoms. The Hall–Kier alpha value is -0.630. The number of ether oxygens (including phenoxy) is 1. The van der Waals surface area contributed by atoms with E-state index in [9.17, 15) is 5.11 Å². The van der Waals surface area contributed by atoms with Crippen LogP contribution in [0.1, 0.15) is 13.3 Å². The first-order valence-electron chi connectivity index (χ1n) is 3.52. The molecule has 4 nitrogen and oxygen atoms in total. The SMILES string of the molecule is C[C@H]1CC(O)[C@@](C#N)(CO)O1. The van der Waals surface area contributed by atoms with Crippen molar-refractivity contribution in [2.24, 2.45) is 0 Å². The number of hydrogen-bond acceptors (Lipinski definition) is 4. The fourth-order valence-electron chi connectivity index (χ4n) is 1.27. The zero-order chi connectivity index (χ0) is 8.48. The molecule has 1 rings (SSSR count). The highest BCUT2D eigenvalue weighted by atomic mass is 16.5. The van der Waals surface area contributed by atoms with Crippen LogP contribution in [0.5, 0.6) is 0 Å². The molecule has 1 fully saturated rings. The first-order valence-corrected chi connectivity index (χ1v) is 3.52. The molecule has 1 aliphatic heterocycles. The van der Waals surface area contributed by atoms with E-state index in [0.717, 1.165) is 0 Å². The zero-order valence-electron chi connectivity index (χ0n) is 6.32. The van der Waals surface area contributed by atoms with Gasteiger partial charge >= 0.3 is 0 Å². The third kappa shape index (κ3) is 1.23. The lowest BCUT2D eigenvalue weighted by atomic mass is 9.99. The maximum Gasteiger partial charge on any atom is 0.203 e. The number of hydrogen-bond donors (Lipinski definition) is 2. The molecule has 62 valence electrons. The van der Waals surface area contributed by atoms with Crippen LogP contribution in [0.4, 0.5) is 0 Å². The minimum absolute atomic E-state index is 0.156. The van der Waals surface area contributed by atoms with Gasteiger partial charge in [-0.2, -0.15) is 5.26 Å². The molecular formula is C7H11NO3. The van der Waals surface area contributed by atoms with E-state index in [0.29, 0.717) is 6.42 Å². The van der Waals surface area contributed by atoms with Crippen molar-refractivity contribution in [1.29, 1.82) is 5.26 Å². The van der Waals surface area contributed by atoms with Crippen LogP contribution in [0.25, 0.3) is 0 Å². The summed E-state index contributed by atoms with van der Waals surface area (Å²) in [4.78, 5) is 0. The molecule has 0 amide bonds. The van der Waals surface area contributed by atoms with Crippen LogP contribution in [-0.4, -0.2) is 34.6 Å². The molecule has 0 radical (unpaired) electrons. The van der Waals surface area contributed by atoms with Crippen LogP contribution in [0, 0.1) is 11.3 Å². The van der Waals surface area contributed by atoms with Gasteiger partial charge in [-0.25, -0.2) is 0 Å². The van der Waals surface area contributed by atoms with Gasteiger partial charge in [-0.15, -0.1) is 0 Å². The predicted molar refractivity (Wildman–Crippen MR) is 36.6 cm³/mol. The Balaban J connectivity index is 2.78. The molecule has 1 heterocycles. The summed E-state index contributed by atoms with van der Waals surface area (Å²) in [6.07, 6.45) is -0.613. The average Bonchev–Trinajstić information content (AvgIpc) is 2.27. The Morgan fingerprint density at radius 2 is 2.45 bits per heavy atom. The quantitative estimate of drug-likeness (QED) is 0.533. The van der Waals surface area contributed by atoms with Gasteiger partial charge in [0.05, 0.1) is 12.7 Å². The maximum atomic E-state index is 9.30. The van der Waals surface area contributed by atoms with E-state index in [1.54, 1.807) is 13.0 Å². The molecule has 4 heteroatoms. The summed E-state index contributed by atoms with van der Waals surface area (Å²) in [5.74, 6) is 0. The highest BCUT2D eigenvalue weighted by molar-refractivity contribution is 5.10. The lowest BCUT2D eigenvalue weighted by Gasteiger charge is -2.20. The minimum Gasteiger partial charge on any atom is -0.392 e. The highest BCUT2D eigenvalue weighted by Gasteiger charge is 2.46. The van der Waals surface area contributed by atoms with Gasteiger partial charge < -0.3 is 14.9 Å². The van der Waals surface area contributed by atoms with E-state index < -0.39 is 18.3 Å². The van der Waals surface area contributed by atoms with Crippen molar-refractivity contribution >= 4 is 0 Å². The summed E-state index contributed by atoms with van der Waals surface area (Å²) in [5, 5.41) is 26.7. The van der Waals surface area contributed by atoms with Gasteiger partial charge in [-0.05, 0) is 6.92 Å². The second-order valence-electron chi connectivity index (χ2n) is 2.84. The van der Waals surface area contributed by atoms with Crippen molar-refractivity contribution in [2.75, 3.05) is 6.61 Å². The van der Waals surface area contributed by atoms with Crippen molar-refractivity contribution in [1.82, 2.24) is 0 Å². The molecule has 2 N–H and O–H groups in total. The van der Waals surface area contributed by atoms with Crippen molar-refractivity contribution in [3.63, 3.8) is 0 Å². The van der Waals surface area contributed by atoms with Crippen molar-refractivity contribution in [3.8, 4) is 6.07 Å². The summed E-state index contributed by atoms with van der Waals surface area (Å²) >= 11 is 0. The lowest BCUT2D eigenvalue weighted by molar-refractivity contribution is -0.0685. The third-order valence-electron chi connectivity index (χ3n) is 1.93. The second kappa shape index (κ2) is 2.78. The van der Waals surface area contributed by atoms with Crippen LogP contribution in [0.3, 0.4) is 0 Å². The van der Waals surface area contributed by atoms with Crippen LogP contribution in [0.2, 0.25) is 0 Å². The van der Waals surface area contributed by atoms with Crippen molar-refractivity contribution in [2.45, 2.75) is 31.2 Å². The molecule has 1 unspecified atom stereocenters. The molecule has 0 aromatic carbocycles. The average molecular weight is 157 g/mol. The molecule has 1 saturated heterocycles. The predicted octanol–water partition coefficient (Wildman–Crippen LogP) is -0.589. The van der Waals surface area contributed by atoms with Crippen LogP contribution in [-0.2, 0) is 4.74 Å². The Labute approximate surface area is 65.0 Å². The lowest BCUT2D eigenvalue weighted by Crippen LogP contribution is -2.41. The van der Waals surface area contributed by atoms with Gasteiger partial charge in [-0.1, -0.05) is 0 Å². The Bertz CT molecular complexity index is 189. The number of aliphatic hydroxyl groups is 2. The van der Waals surface area contributed by atoms with E-state index >= 15 is 0 Å². The molecular weight excluding hydrogens is 146 g/mol. The summed E-state index contributed by atoms with van der Waals surface area (Å²) in [5.41, 5.74) is -1.38. The number of nitrogens with zero attached hydrogens (tertiary/aromatic N) is 1. The fraction of sp³-hybridized carbons (Fsp3) is 0.857. The van der Waals surface area contributed by atoms with Crippen LogP contribution >= 0.6 is 0 Å². The van der Waals surface area contributed by atoms with Gasteiger partial charge in [0.1, 0.15) is 12.2 Å². The van der Waals surface area contributed by atoms with E-state index in [1.807, 2.05) is 0 Å². The highest BCUT2D eigenvalue weighted by Crippen LogP contribution is 2.29. The first-order chi connectivity index (χ1) is 5.14. The van der Waals surface area contributed by atoms with Gasteiger partial charge in [-0.3, -0.25) is 0 Å². The molecule has 0 aromatic heterocycles.